The molecule has 146 valence electrons. The Balaban J connectivity index is 1.81. The van der Waals surface area contributed by atoms with Crippen LogP contribution in [0.2, 0.25) is 0 Å². The van der Waals surface area contributed by atoms with Crippen LogP contribution >= 0.6 is 0 Å². The molecule has 6 heteroatoms. The molecule has 5 rings (SSSR count). The Morgan fingerprint density at radius 3 is 2.41 bits per heavy atom. The number of halogens is 1. The van der Waals surface area contributed by atoms with Crippen molar-refractivity contribution in [3.63, 3.8) is 0 Å². The van der Waals surface area contributed by atoms with Crippen molar-refractivity contribution in [2.24, 2.45) is 0 Å². The quantitative estimate of drug-likeness (QED) is 0.502. The van der Waals surface area contributed by atoms with Crippen LogP contribution in [-0.4, -0.2) is 19.3 Å². The van der Waals surface area contributed by atoms with Crippen LogP contribution < -0.4 is 5.56 Å². The Morgan fingerprint density at radius 2 is 1.66 bits per heavy atom. The standard InChI is InChI=1S/C23H21FN4O/c24-20-14-8-7-13-18(20)21-26-22-19(15-25-28(22)17-11-5-2-6-12-17)23(29)27(21)16-9-3-1-4-10-16/h2,5-8,11-16H,1,3-4,9-10H2. The van der Waals surface area contributed by atoms with E-state index in [1.165, 1.54) is 12.5 Å². The molecule has 1 aliphatic rings. The molecular weight excluding hydrogens is 367 g/mol. The van der Waals surface area contributed by atoms with Gasteiger partial charge in [-0.15, -0.1) is 0 Å². The molecule has 0 atom stereocenters. The normalized spacial score (nSPS) is 15.1. The summed E-state index contributed by atoms with van der Waals surface area (Å²) < 4.78 is 18.1. The lowest BCUT2D eigenvalue weighted by Gasteiger charge is -2.26. The van der Waals surface area contributed by atoms with Crippen molar-refractivity contribution in [1.29, 1.82) is 0 Å². The number of benzene rings is 2. The topological polar surface area (TPSA) is 52.7 Å². The lowest BCUT2D eigenvalue weighted by molar-refractivity contribution is 0.347. The number of hydrogen-bond donors (Lipinski definition) is 0. The van der Waals surface area contributed by atoms with Crippen LogP contribution in [0, 0.1) is 5.82 Å². The van der Waals surface area contributed by atoms with Crippen molar-refractivity contribution in [1.82, 2.24) is 19.3 Å². The fraction of sp³-hybridized carbons (Fsp3) is 0.261. The highest BCUT2D eigenvalue weighted by atomic mass is 19.1. The van der Waals surface area contributed by atoms with Crippen LogP contribution in [0.25, 0.3) is 28.1 Å². The summed E-state index contributed by atoms with van der Waals surface area (Å²) in [6.45, 7) is 0. The summed E-state index contributed by atoms with van der Waals surface area (Å²) in [4.78, 5) is 18.3. The fourth-order valence-electron chi connectivity index (χ4n) is 4.25. The van der Waals surface area contributed by atoms with Crippen molar-refractivity contribution in [3.05, 3.63) is 77.0 Å². The minimum atomic E-state index is -0.380. The first-order chi connectivity index (χ1) is 14.2. The van der Waals surface area contributed by atoms with Gasteiger partial charge in [0.15, 0.2) is 5.65 Å². The lowest BCUT2D eigenvalue weighted by atomic mass is 9.94. The van der Waals surface area contributed by atoms with Gasteiger partial charge in [0.05, 0.1) is 17.4 Å². The molecule has 5 nitrogen and oxygen atoms in total. The molecule has 0 unspecified atom stereocenters. The molecule has 0 amide bonds. The second kappa shape index (κ2) is 7.28. The monoisotopic (exact) mass is 388 g/mol. The third kappa shape index (κ3) is 3.05. The van der Waals surface area contributed by atoms with Gasteiger partial charge in [-0.1, -0.05) is 49.6 Å². The molecule has 0 spiro atoms. The number of hydrogen-bond acceptors (Lipinski definition) is 3. The highest BCUT2D eigenvalue weighted by molar-refractivity contribution is 5.78. The summed E-state index contributed by atoms with van der Waals surface area (Å²) in [7, 11) is 0. The van der Waals surface area contributed by atoms with E-state index in [0.29, 0.717) is 22.4 Å². The third-order valence-electron chi connectivity index (χ3n) is 5.69. The predicted molar refractivity (Wildman–Crippen MR) is 111 cm³/mol. The number of nitrogens with zero attached hydrogens (tertiary/aromatic N) is 4. The van der Waals surface area contributed by atoms with Crippen molar-refractivity contribution in [2.45, 2.75) is 38.1 Å². The van der Waals surface area contributed by atoms with Gasteiger partial charge in [-0.3, -0.25) is 9.36 Å². The van der Waals surface area contributed by atoms with Gasteiger partial charge in [0.25, 0.3) is 5.56 Å². The average Bonchev–Trinajstić information content (AvgIpc) is 3.20. The molecule has 2 heterocycles. The molecule has 1 aliphatic carbocycles. The van der Waals surface area contributed by atoms with E-state index in [9.17, 15) is 9.18 Å². The fourth-order valence-corrected chi connectivity index (χ4v) is 4.25. The Hall–Kier alpha value is -3.28. The Kier molecular flexibility index (Phi) is 4.46. The molecular formula is C23H21FN4O. The largest absolute Gasteiger partial charge is 0.289 e. The molecule has 1 fully saturated rings. The van der Waals surface area contributed by atoms with Crippen molar-refractivity contribution >= 4 is 11.0 Å². The smallest absolute Gasteiger partial charge is 0.265 e. The minimum absolute atomic E-state index is 0.0304. The van der Waals surface area contributed by atoms with Crippen LogP contribution in [0.3, 0.4) is 0 Å². The number of fused-ring (bicyclic) bond motifs is 1. The van der Waals surface area contributed by atoms with E-state index in [1.54, 1.807) is 33.6 Å². The van der Waals surface area contributed by atoms with E-state index in [0.717, 1.165) is 31.4 Å². The Labute approximate surface area is 167 Å². The van der Waals surface area contributed by atoms with Crippen LogP contribution in [0.5, 0.6) is 0 Å². The highest BCUT2D eigenvalue weighted by Gasteiger charge is 2.25. The van der Waals surface area contributed by atoms with E-state index in [2.05, 4.69) is 5.10 Å². The molecule has 4 aromatic rings. The zero-order valence-corrected chi connectivity index (χ0v) is 16.0. The van der Waals surface area contributed by atoms with Gasteiger partial charge in [-0.2, -0.15) is 5.10 Å². The summed E-state index contributed by atoms with van der Waals surface area (Å²) in [6.07, 6.45) is 6.68. The average molecular weight is 388 g/mol. The molecule has 0 bridgehead atoms. The zero-order valence-electron chi connectivity index (χ0n) is 16.0. The molecule has 0 aliphatic heterocycles. The lowest BCUT2D eigenvalue weighted by Crippen LogP contribution is -2.29. The van der Waals surface area contributed by atoms with Gasteiger partial charge in [-0.05, 0) is 37.1 Å². The minimum Gasteiger partial charge on any atom is -0.289 e. The maximum absolute atomic E-state index is 14.7. The van der Waals surface area contributed by atoms with Gasteiger partial charge in [0.1, 0.15) is 17.0 Å². The maximum Gasteiger partial charge on any atom is 0.265 e. The van der Waals surface area contributed by atoms with Crippen LogP contribution in [-0.2, 0) is 0 Å². The molecule has 0 radical (unpaired) electrons. The summed E-state index contributed by atoms with van der Waals surface area (Å²) in [5.74, 6) is -0.000679. The number of para-hydroxylation sites is 1. The van der Waals surface area contributed by atoms with Gasteiger partial charge in [0, 0.05) is 6.04 Å². The first-order valence-electron chi connectivity index (χ1n) is 10.0. The van der Waals surface area contributed by atoms with Gasteiger partial charge in [0.2, 0.25) is 0 Å². The van der Waals surface area contributed by atoms with E-state index < -0.39 is 0 Å². The molecule has 2 aromatic carbocycles. The maximum atomic E-state index is 14.7. The molecule has 29 heavy (non-hydrogen) atoms. The van der Waals surface area contributed by atoms with Gasteiger partial charge >= 0.3 is 0 Å². The predicted octanol–water partition coefficient (Wildman–Crippen LogP) is 4.89. The van der Waals surface area contributed by atoms with Gasteiger partial charge < -0.3 is 0 Å². The first-order valence-corrected chi connectivity index (χ1v) is 10.0. The highest BCUT2D eigenvalue weighted by Crippen LogP contribution is 2.32. The molecule has 0 saturated heterocycles. The van der Waals surface area contributed by atoms with Crippen LogP contribution in [0.1, 0.15) is 38.1 Å². The van der Waals surface area contributed by atoms with Crippen molar-refractivity contribution < 1.29 is 4.39 Å². The van der Waals surface area contributed by atoms with Crippen molar-refractivity contribution in [3.8, 4) is 17.1 Å². The van der Waals surface area contributed by atoms with Crippen LogP contribution in [0.4, 0.5) is 4.39 Å². The van der Waals surface area contributed by atoms with E-state index in [4.69, 9.17) is 4.98 Å². The summed E-state index contributed by atoms with van der Waals surface area (Å²) in [5.41, 5.74) is 1.45. The summed E-state index contributed by atoms with van der Waals surface area (Å²) >= 11 is 0. The molecule has 1 saturated carbocycles. The number of rotatable bonds is 3. The summed E-state index contributed by atoms with van der Waals surface area (Å²) in [6, 6.07) is 16.1. The Morgan fingerprint density at radius 1 is 0.931 bits per heavy atom. The molecule has 0 N–H and O–H groups in total. The van der Waals surface area contributed by atoms with Crippen molar-refractivity contribution in [2.75, 3.05) is 0 Å². The van der Waals surface area contributed by atoms with E-state index in [1.807, 2.05) is 30.3 Å². The molecule has 2 aromatic heterocycles. The van der Waals surface area contributed by atoms with Crippen LogP contribution in [0.15, 0.2) is 65.6 Å². The van der Waals surface area contributed by atoms with E-state index in [-0.39, 0.29) is 17.4 Å². The zero-order chi connectivity index (χ0) is 19.8. The Bertz CT molecular complexity index is 1220. The second-order valence-electron chi connectivity index (χ2n) is 7.51. The second-order valence-corrected chi connectivity index (χ2v) is 7.51. The first kappa shape index (κ1) is 17.8. The summed E-state index contributed by atoms with van der Waals surface area (Å²) in [5, 5.41) is 4.87. The van der Waals surface area contributed by atoms with Gasteiger partial charge in [-0.25, -0.2) is 14.1 Å². The van der Waals surface area contributed by atoms with E-state index >= 15 is 0 Å². The third-order valence-corrected chi connectivity index (χ3v) is 5.69. The number of aromatic nitrogens is 4. The SMILES string of the molecule is O=c1c2cnn(-c3ccccc3)c2nc(-c2ccccc2F)n1C1CCCCC1.